The molecular weight excluding hydrogens is 176 g/mol. The van der Waals surface area contributed by atoms with Crippen LogP contribution in [0.2, 0.25) is 0 Å². The monoisotopic (exact) mass is 198 g/mol. The first-order valence-electron chi connectivity index (χ1n) is 5.67. The van der Waals surface area contributed by atoms with Crippen molar-refractivity contribution in [2.75, 3.05) is 19.6 Å². The van der Waals surface area contributed by atoms with Gasteiger partial charge in [0, 0.05) is 19.1 Å². The molecule has 1 saturated heterocycles. The maximum Gasteiger partial charge on any atom is 0.236 e. The van der Waals surface area contributed by atoms with Gasteiger partial charge in [0.15, 0.2) is 0 Å². The van der Waals surface area contributed by atoms with Gasteiger partial charge in [0.2, 0.25) is 5.91 Å². The fourth-order valence-electron chi connectivity index (χ4n) is 1.94. The molecular formula is C11H22N2O. The molecule has 1 aliphatic rings. The van der Waals surface area contributed by atoms with E-state index in [0.717, 1.165) is 25.9 Å². The predicted molar refractivity (Wildman–Crippen MR) is 58.1 cm³/mol. The lowest BCUT2D eigenvalue weighted by Crippen LogP contribution is -2.56. The number of hydrogen-bond acceptors (Lipinski definition) is 2. The summed E-state index contributed by atoms with van der Waals surface area (Å²) < 4.78 is 0. The molecule has 14 heavy (non-hydrogen) atoms. The first kappa shape index (κ1) is 11.5. The Hall–Kier alpha value is -0.570. The number of carbonyl (C=O) groups excluding carboxylic acids is 1. The second kappa shape index (κ2) is 5.35. The SMILES string of the molecule is CCCCN1C(=O)CNCC1C(C)C. The fraction of sp³-hybridized carbons (Fsp3) is 0.909. The minimum Gasteiger partial charge on any atom is -0.337 e. The molecule has 0 spiro atoms. The average Bonchev–Trinajstić information content (AvgIpc) is 2.15. The highest BCUT2D eigenvalue weighted by Gasteiger charge is 2.28. The van der Waals surface area contributed by atoms with Crippen LogP contribution in [-0.4, -0.2) is 36.5 Å². The lowest BCUT2D eigenvalue weighted by atomic mass is 10.00. The van der Waals surface area contributed by atoms with E-state index in [0.29, 0.717) is 18.5 Å². The molecule has 1 aliphatic heterocycles. The summed E-state index contributed by atoms with van der Waals surface area (Å²) in [5.41, 5.74) is 0. The smallest absolute Gasteiger partial charge is 0.236 e. The highest BCUT2D eigenvalue weighted by atomic mass is 16.2. The first-order valence-corrected chi connectivity index (χ1v) is 5.67. The highest BCUT2D eigenvalue weighted by molar-refractivity contribution is 5.79. The van der Waals surface area contributed by atoms with E-state index in [1.165, 1.54) is 0 Å². The zero-order valence-corrected chi connectivity index (χ0v) is 9.55. The number of unbranched alkanes of at least 4 members (excludes halogenated alkanes) is 1. The van der Waals surface area contributed by atoms with Crippen molar-refractivity contribution in [3.63, 3.8) is 0 Å². The van der Waals surface area contributed by atoms with Gasteiger partial charge in [0.25, 0.3) is 0 Å². The van der Waals surface area contributed by atoms with Gasteiger partial charge in [-0.05, 0) is 12.3 Å². The topological polar surface area (TPSA) is 32.3 Å². The van der Waals surface area contributed by atoms with Gasteiger partial charge in [-0.25, -0.2) is 0 Å². The quantitative estimate of drug-likeness (QED) is 0.737. The van der Waals surface area contributed by atoms with Crippen LogP contribution in [0.1, 0.15) is 33.6 Å². The second-order valence-corrected chi connectivity index (χ2v) is 4.38. The molecule has 0 aliphatic carbocycles. The van der Waals surface area contributed by atoms with Crippen LogP contribution in [0.5, 0.6) is 0 Å². The first-order chi connectivity index (χ1) is 6.66. The minimum absolute atomic E-state index is 0.267. The van der Waals surface area contributed by atoms with E-state index < -0.39 is 0 Å². The van der Waals surface area contributed by atoms with E-state index in [1.807, 2.05) is 0 Å². The molecule has 1 amide bonds. The molecule has 1 rings (SSSR count). The highest BCUT2D eigenvalue weighted by Crippen LogP contribution is 2.14. The van der Waals surface area contributed by atoms with Crippen LogP contribution in [0.3, 0.4) is 0 Å². The predicted octanol–water partition coefficient (Wildman–Crippen LogP) is 1.24. The molecule has 0 aromatic carbocycles. The Bertz CT molecular complexity index is 192. The third-order valence-electron chi connectivity index (χ3n) is 2.87. The third kappa shape index (κ3) is 2.71. The number of hydrogen-bond donors (Lipinski definition) is 1. The van der Waals surface area contributed by atoms with Gasteiger partial charge < -0.3 is 10.2 Å². The molecule has 1 unspecified atom stereocenters. The zero-order valence-electron chi connectivity index (χ0n) is 9.55. The summed E-state index contributed by atoms with van der Waals surface area (Å²) in [6, 6.07) is 0.391. The number of amides is 1. The lowest BCUT2D eigenvalue weighted by Gasteiger charge is -2.38. The van der Waals surface area contributed by atoms with Crippen molar-refractivity contribution in [1.82, 2.24) is 10.2 Å². The Morgan fingerprint density at radius 1 is 1.57 bits per heavy atom. The Kier molecular flexibility index (Phi) is 4.39. The summed E-state index contributed by atoms with van der Waals surface area (Å²) in [6.07, 6.45) is 2.27. The average molecular weight is 198 g/mol. The second-order valence-electron chi connectivity index (χ2n) is 4.38. The van der Waals surface area contributed by atoms with Crippen molar-refractivity contribution < 1.29 is 4.79 Å². The normalized spacial score (nSPS) is 23.3. The molecule has 3 nitrogen and oxygen atoms in total. The van der Waals surface area contributed by atoms with Gasteiger partial charge >= 0.3 is 0 Å². The van der Waals surface area contributed by atoms with Gasteiger partial charge in [-0.2, -0.15) is 0 Å². The van der Waals surface area contributed by atoms with Crippen molar-refractivity contribution in [3.05, 3.63) is 0 Å². The molecule has 0 saturated carbocycles. The number of nitrogens with zero attached hydrogens (tertiary/aromatic N) is 1. The summed E-state index contributed by atoms with van der Waals surface area (Å²) in [6.45, 7) is 8.94. The van der Waals surface area contributed by atoms with Crippen molar-refractivity contribution in [1.29, 1.82) is 0 Å². The van der Waals surface area contributed by atoms with E-state index in [9.17, 15) is 4.79 Å². The van der Waals surface area contributed by atoms with Gasteiger partial charge in [-0.1, -0.05) is 27.2 Å². The van der Waals surface area contributed by atoms with E-state index in [-0.39, 0.29) is 5.91 Å². The lowest BCUT2D eigenvalue weighted by molar-refractivity contribution is -0.136. The van der Waals surface area contributed by atoms with Crippen molar-refractivity contribution in [2.45, 2.75) is 39.7 Å². The van der Waals surface area contributed by atoms with E-state index in [2.05, 4.69) is 31.0 Å². The molecule has 3 heteroatoms. The molecule has 0 radical (unpaired) electrons. The number of piperazine rings is 1. The number of carbonyl (C=O) groups is 1. The maximum absolute atomic E-state index is 11.7. The van der Waals surface area contributed by atoms with Crippen LogP contribution in [0.15, 0.2) is 0 Å². The molecule has 0 aromatic heterocycles. The molecule has 82 valence electrons. The van der Waals surface area contributed by atoms with Gasteiger partial charge in [0.1, 0.15) is 0 Å². The van der Waals surface area contributed by atoms with E-state index in [1.54, 1.807) is 0 Å². The molecule has 1 N–H and O–H groups in total. The molecule has 0 aromatic rings. The molecule has 1 fully saturated rings. The van der Waals surface area contributed by atoms with Crippen molar-refractivity contribution in [2.24, 2.45) is 5.92 Å². The Morgan fingerprint density at radius 3 is 2.86 bits per heavy atom. The summed E-state index contributed by atoms with van der Waals surface area (Å²) >= 11 is 0. The van der Waals surface area contributed by atoms with Crippen LogP contribution in [0, 0.1) is 5.92 Å². The van der Waals surface area contributed by atoms with E-state index >= 15 is 0 Å². The van der Waals surface area contributed by atoms with Gasteiger partial charge in [-0.15, -0.1) is 0 Å². The zero-order chi connectivity index (χ0) is 10.6. The summed E-state index contributed by atoms with van der Waals surface area (Å²) in [5, 5.41) is 3.18. The standard InChI is InChI=1S/C11H22N2O/c1-4-5-6-13-10(9(2)3)7-12-8-11(13)14/h9-10,12H,4-8H2,1-3H3. The minimum atomic E-state index is 0.267. The number of nitrogens with one attached hydrogen (secondary N) is 1. The molecule has 1 atom stereocenters. The van der Waals surface area contributed by atoms with Crippen LogP contribution < -0.4 is 5.32 Å². The van der Waals surface area contributed by atoms with Crippen LogP contribution in [0.25, 0.3) is 0 Å². The third-order valence-corrected chi connectivity index (χ3v) is 2.87. The summed E-state index contributed by atoms with van der Waals surface area (Å²) in [4.78, 5) is 13.7. The van der Waals surface area contributed by atoms with Gasteiger partial charge in [0.05, 0.1) is 6.54 Å². The molecule has 0 bridgehead atoms. The maximum atomic E-state index is 11.7. The Morgan fingerprint density at radius 2 is 2.29 bits per heavy atom. The summed E-state index contributed by atoms with van der Waals surface area (Å²) in [7, 11) is 0. The number of rotatable bonds is 4. The Labute approximate surface area is 86.9 Å². The Balaban J connectivity index is 2.56. The van der Waals surface area contributed by atoms with Crippen LogP contribution in [0.4, 0.5) is 0 Å². The van der Waals surface area contributed by atoms with Gasteiger partial charge in [-0.3, -0.25) is 4.79 Å². The van der Waals surface area contributed by atoms with E-state index in [4.69, 9.17) is 0 Å². The van der Waals surface area contributed by atoms with Crippen molar-refractivity contribution in [3.8, 4) is 0 Å². The fourth-order valence-corrected chi connectivity index (χ4v) is 1.94. The van der Waals surface area contributed by atoms with Crippen LogP contribution in [-0.2, 0) is 4.79 Å². The molecule has 1 heterocycles. The van der Waals surface area contributed by atoms with Crippen molar-refractivity contribution >= 4 is 5.91 Å². The summed E-state index contributed by atoms with van der Waals surface area (Å²) in [5.74, 6) is 0.812. The van der Waals surface area contributed by atoms with Crippen LogP contribution >= 0.6 is 0 Å². The largest absolute Gasteiger partial charge is 0.337 e.